The van der Waals surface area contributed by atoms with E-state index in [-0.39, 0.29) is 25.4 Å². The van der Waals surface area contributed by atoms with E-state index in [2.05, 4.69) is 97.1 Å². The molecule has 3 aromatic heterocycles. The van der Waals surface area contributed by atoms with E-state index in [9.17, 15) is 28.7 Å². The van der Waals surface area contributed by atoms with Crippen LogP contribution in [0.15, 0.2) is 183 Å². The molecule has 4 N–H and O–H groups in total. The third-order valence-electron chi connectivity index (χ3n) is 10.3. The first-order valence-corrected chi connectivity index (χ1v) is 23.0. The molecule has 3 heterocycles. The smallest absolute Gasteiger partial charge is 0.324 e. The summed E-state index contributed by atoms with van der Waals surface area (Å²) in [6, 6.07) is 53.2. The van der Waals surface area contributed by atoms with Crippen molar-refractivity contribution in [2.75, 3.05) is 12.3 Å². The molecule has 0 aliphatic heterocycles. The minimum absolute atomic E-state index is 0.196. The Morgan fingerprint density at radius 2 is 0.650 bits per heavy atom. The maximum absolute atomic E-state index is 11.2. The molecule has 0 bridgehead atoms. The summed E-state index contributed by atoms with van der Waals surface area (Å²) < 4.78 is 26.0. The van der Waals surface area contributed by atoms with Gasteiger partial charge < -0.3 is 19.6 Å². The van der Waals surface area contributed by atoms with E-state index in [1.807, 2.05) is 85.5 Å². The van der Waals surface area contributed by atoms with Crippen LogP contribution in [0.4, 0.5) is 0 Å². The third-order valence-corrected chi connectivity index (χ3v) is 11.9. The molecule has 8 aromatic rings. The molecule has 0 radical (unpaired) electrons. The molecule has 0 spiro atoms. The maximum Gasteiger partial charge on any atom is 0.331 e. The Balaban J connectivity index is 0.992. The van der Waals surface area contributed by atoms with Crippen LogP contribution in [-0.2, 0) is 22.2 Å². The monoisotopic (exact) mass is 832 g/mol. The number of hydrogen-bond donors (Lipinski definition) is 4. The zero-order valence-corrected chi connectivity index (χ0v) is 34.2. The zero-order chi connectivity index (χ0) is 41.7. The summed E-state index contributed by atoms with van der Waals surface area (Å²) >= 11 is 0. The summed E-state index contributed by atoms with van der Waals surface area (Å²) in [6.45, 7) is 0.505. The highest BCUT2D eigenvalue weighted by Gasteiger charge is 2.18. The Bertz CT molecular complexity index is 2640. The standard InChI is InChI=1S/C48H40N4O6P2/c53-59(54,55)32-30-51-26-22-41(23-27-51)39-10-6-35(7-11-39)37-14-18-43(19-15-37)46-34-47(50-48(49-46)45-4-2-1-3-5-45)44-20-16-38(17-21-44)36-8-12-40(13-9-36)42-24-28-52(29-25-42)31-33-60(56,57)58/h1-29,34H,30-33H2,(H2-2,53,54,55,56,57,58)/p+2. The van der Waals surface area contributed by atoms with E-state index in [0.717, 1.165) is 72.6 Å². The summed E-state index contributed by atoms with van der Waals surface area (Å²) in [5.74, 6) is 0.642. The van der Waals surface area contributed by atoms with Crippen molar-refractivity contribution in [2.24, 2.45) is 0 Å². The molecule has 5 aromatic carbocycles. The topological polar surface area (TPSA) is 149 Å². The number of pyridine rings is 2. The number of nitrogens with zero attached hydrogens (tertiary/aromatic N) is 4. The zero-order valence-electron chi connectivity index (χ0n) is 32.4. The van der Waals surface area contributed by atoms with Crippen LogP contribution in [-0.4, -0.2) is 41.9 Å². The van der Waals surface area contributed by atoms with Crippen molar-refractivity contribution in [1.29, 1.82) is 0 Å². The fourth-order valence-corrected chi connectivity index (χ4v) is 7.91. The van der Waals surface area contributed by atoms with Gasteiger partial charge in [0.2, 0.25) is 0 Å². The first kappa shape index (κ1) is 40.6. The summed E-state index contributed by atoms with van der Waals surface area (Å²) in [7, 11) is -8.10. The Labute approximate surface area is 348 Å². The lowest BCUT2D eigenvalue weighted by atomic mass is 9.98. The molecular weight excluding hydrogens is 790 g/mol. The average Bonchev–Trinajstić information content (AvgIpc) is 3.28. The Kier molecular flexibility index (Phi) is 11.9. The van der Waals surface area contributed by atoms with Gasteiger partial charge in [-0.15, -0.1) is 0 Å². The first-order valence-electron chi connectivity index (χ1n) is 19.4. The average molecular weight is 833 g/mol. The van der Waals surface area contributed by atoms with Crippen LogP contribution in [0.5, 0.6) is 0 Å². The quantitative estimate of drug-likeness (QED) is 0.0665. The number of rotatable bonds is 13. The fourth-order valence-electron chi connectivity index (χ4n) is 6.93. The highest BCUT2D eigenvalue weighted by molar-refractivity contribution is 7.51. The van der Waals surface area contributed by atoms with Crippen LogP contribution in [0.1, 0.15) is 0 Å². The summed E-state index contributed by atoms with van der Waals surface area (Å²) in [6.07, 6.45) is 6.95. The molecule has 0 saturated carbocycles. The van der Waals surface area contributed by atoms with Gasteiger partial charge in [-0.25, -0.2) is 19.1 Å². The Morgan fingerprint density at radius 3 is 0.950 bits per heavy atom. The second-order valence-corrected chi connectivity index (χ2v) is 18.1. The van der Waals surface area contributed by atoms with E-state index in [0.29, 0.717) is 5.82 Å². The van der Waals surface area contributed by atoms with Gasteiger partial charge in [0.05, 0.1) is 11.4 Å². The lowest BCUT2D eigenvalue weighted by Crippen LogP contribution is -2.34. The minimum atomic E-state index is -4.05. The molecule has 0 aliphatic carbocycles. The van der Waals surface area contributed by atoms with Gasteiger partial charge in [0.25, 0.3) is 0 Å². The van der Waals surface area contributed by atoms with Crippen LogP contribution < -0.4 is 9.13 Å². The van der Waals surface area contributed by atoms with Crippen molar-refractivity contribution in [1.82, 2.24) is 9.97 Å². The van der Waals surface area contributed by atoms with Gasteiger partial charge in [-0.1, -0.05) is 127 Å². The normalized spacial score (nSPS) is 11.7. The summed E-state index contributed by atoms with van der Waals surface area (Å²) in [5, 5.41) is 0. The first-order chi connectivity index (χ1) is 28.9. The molecule has 0 unspecified atom stereocenters. The third kappa shape index (κ3) is 10.3. The minimum Gasteiger partial charge on any atom is -0.324 e. The molecule has 0 aliphatic rings. The molecule has 8 rings (SSSR count). The van der Waals surface area contributed by atoms with Crippen LogP contribution in [0.25, 0.3) is 78.4 Å². The number of benzene rings is 5. The molecule has 10 nitrogen and oxygen atoms in total. The lowest BCUT2D eigenvalue weighted by Gasteiger charge is -2.11. The fraction of sp³-hybridized carbons (Fsp3) is 0.0833. The van der Waals surface area contributed by atoms with Crippen molar-refractivity contribution in [2.45, 2.75) is 13.1 Å². The predicted octanol–water partition coefficient (Wildman–Crippen LogP) is 9.08. The predicted molar refractivity (Wildman–Crippen MR) is 234 cm³/mol. The van der Waals surface area contributed by atoms with E-state index < -0.39 is 15.2 Å². The molecule has 0 saturated heterocycles. The van der Waals surface area contributed by atoms with Crippen molar-refractivity contribution >= 4 is 15.2 Å². The van der Waals surface area contributed by atoms with Gasteiger partial charge in [-0.2, -0.15) is 0 Å². The molecule has 0 amide bonds. The highest BCUT2D eigenvalue weighted by Crippen LogP contribution is 2.35. The van der Waals surface area contributed by atoms with Crippen LogP contribution in [0.3, 0.4) is 0 Å². The Morgan fingerprint density at radius 1 is 0.367 bits per heavy atom. The van der Waals surface area contributed by atoms with Crippen LogP contribution in [0.2, 0.25) is 0 Å². The van der Waals surface area contributed by atoms with Gasteiger partial charge in [-0.05, 0) is 50.6 Å². The maximum atomic E-state index is 11.2. The van der Waals surface area contributed by atoms with Gasteiger partial charge in [0.15, 0.2) is 43.7 Å². The van der Waals surface area contributed by atoms with E-state index in [1.165, 1.54) is 0 Å². The second kappa shape index (κ2) is 17.6. The SMILES string of the molecule is O=P(O)(O)CC[n+]1ccc(-c2ccc(-c3ccc(-c4cc(-c5ccc(-c6ccc(-c7cc[n+](CCP(=O)(O)O)cc7)cc6)cc5)nc(-c5ccccc5)n4)cc3)cc2)cc1. The largest absolute Gasteiger partial charge is 0.331 e. The molecular formula is C48H42N4O6P2+2. The van der Waals surface area contributed by atoms with Gasteiger partial charge >= 0.3 is 15.2 Å². The summed E-state index contributed by atoms with van der Waals surface area (Å²) in [5.41, 5.74) is 12.9. The number of aryl methyl sites for hydroxylation is 2. The van der Waals surface area contributed by atoms with Gasteiger partial charge in [0, 0.05) is 41.0 Å². The molecule has 0 atom stereocenters. The van der Waals surface area contributed by atoms with E-state index in [4.69, 9.17) is 9.97 Å². The van der Waals surface area contributed by atoms with Crippen molar-refractivity contribution < 1.29 is 37.8 Å². The van der Waals surface area contributed by atoms with Crippen molar-refractivity contribution in [3.63, 3.8) is 0 Å². The molecule has 298 valence electrons. The molecule has 0 fully saturated rings. The molecule has 12 heteroatoms. The van der Waals surface area contributed by atoms with Crippen molar-refractivity contribution in [3.8, 4) is 78.4 Å². The highest BCUT2D eigenvalue weighted by atomic mass is 31.2. The number of hydrogen-bond acceptors (Lipinski definition) is 4. The lowest BCUT2D eigenvalue weighted by molar-refractivity contribution is -0.692. The Hall–Kier alpha value is -6.22. The van der Waals surface area contributed by atoms with Gasteiger partial charge in [-0.3, -0.25) is 9.13 Å². The van der Waals surface area contributed by atoms with Crippen LogP contribution in [0, 0.1) is 0 Å². The number of aromatic nitrogens is 4. The van der Waals surface area contributed by atoms with E-state index in [1.54, 1.807) is 9.13 Å². The summed E-state index contributed by atoms with van der Waals surface area (Å²) in [4.78, 5) is 46.8. The van der Waals surface area contributed by atoms with Gasteiger partial charge in [0.1, 0.15) is 12.3 Å². The second-order valence-electron chi connectivity index (χ2n) is 14.6. The van der Waals surface area contributed by atoms with E-state index >= 15 is 0 Å². The van der Waals surface area contributed by atoms with Crippen LogP contribution >= 0.6 is 15.2 Å². The van der Waals surface area contributed by atoms with Crippen molar-refractivity contribution in [3.05, 3.63) is 183 Å². The molecule has 60 heavy (non-hydrogen) atoms.